The molecule has 0 saturated heterocycles. The van der Waals surface area contributed by atoms with E-state index in [9.17, 15) is 10.4 Å². The van der Waals surface area contributed by atoms with E-state index in [1.807, 2.05) is 0 Å². The molecule has 1 unspecified atom stereocenters. The smallest absolute Gasteiger partial charge is 0.236 e. The van der Waals surface area contributed by atoms with Gasteiger partial charge in [-0.05, 0) is 57.3 Å². The number of hydrogen-bond donors (Lipinski definition) is 2. The fourth-order valence-corrected chi connectivity index (χ4v) is 4.75. The summed E-state index contributed by atoms with van der Waals surface area (Å²) in [5.74, 6) is 3.40. The maximum atomic E-state index is 10.4. The molecule has 2 heterocycles. The van der Waals surface area contributed by atoms with Crippen LogP contribution in [0.5, 0.6) is 0 Å². The zero-order chi connectivity index (χ0) is 20.5. The molecule has 2 aliphatic rings. The average molecular weight is 397 g/mol. The summed E-state index contributed by atoms with van der Waals surface area (Å²) in [5, 5.41) is 23.4. The van der Waals surface area contributed by atoms with E-state index in [2.05, 4.69) is 44.8 Å². The van der Waals surface area contributed by atoms with Gasteiger partial charge in [0.25, 0.3) is 0 Å². The van der Waals surface area contributed by atoms with Gasteiger partial charge in [-0.2, -0.15) is 15.2 Å². The highest BCUT2D eigenvalue weighted by atomic mass is 16.3. The lowest BCUT2D eigenvalue weighted by Gasteiger charge is -2.32. The second-order valence-corrected chi connectivity index (χ2v) is 9.19. The summed E-state index contributed by atoms with van der Waals surface area (Å²) in [6.07, 6.45) is 7.92. The Bertz CT molecular complexity index is 902. The van der Waals surface area contributed by atoms with Gasteiger partial charge in [-0.1, -0.05) is 26.2 Å². The fourth-order valence-electron chi connectivity index (χ4n) is 4.75. The van der Waals surface area contributed by atoms with E-state index in [-0.39, 0.29) is 11.9 Å². The summed E-state index contributed by atoms with van der Waals surface area (Å²) in [4.78, 5) is 13.5. The number of aliphatic hydroxyl groups is 1. The van der Waals surface area contributed by atoms with Crippen LogP contribution in [0.2, 0.25) is 0 Å². The van der Waals surface area contributed by atoms with Crippen LogP contribution in [0.1, 0.15) is 83.5 Å². The second kappa shape index (κ2) is 8.27. The van der Waals surface area contributed by atoms with E-state index >= 15 is 0 Å². The number of fused-ring (bicyclic) bond motifs is 1. The van der Waals surface area contributed by atoms with Gasteiger partial charge in [0, 0.05) is 12.6 Å². The first-order valence-corrected chi connectivity index (χ1v) is 11.1. The van der Waals surface area contributed by atoms with Gasteiger partial charge in [0.15, 0.2) is 11.5 Å². The van der Waals surface area contributed by atoms with Crippen molar-refractivity contribution in [2.75, 3.05) is 5.32 Å². The molecule has 2 aliphatic carbocycles. The first-order chi connectivity index (χ1) is 14.0. The Hall–Kier alpha value is -2.20. The van der Waals surface area contributed by atoms with Crippen LogP contribution in [0.4, 0.5) is 5.82 Å². The lowest BCUT2D eigenvalue weighted by atomic mass is 9.80. The molecule has 29 heavy (non-hydrogen) atoms. The molecule has 2 saturated carbocycles. The Kier molecular flexibility index (Phi) is 5.73. The van der Waals surface area contributed by atoms with E-state index in [0.29, 0.717) is 29.1 Å². The predicted octanol–water partition coefficient (Wildman–Crippen LogP) is 4.18. The number of nitriles is 1. The fraction of sp³-hybridized carbons (Fsp3) is 0.727. The summed E-state index contributed by atoms with van der Waals surface area (Å²) in [5.41, 5.74) is 1.32. The standard InChI is InChI=1S/C22H32N6O/c1-13-7-9-16(10-8-13)12-28-19-20(24-14(2)17-5-4-6-17)25-18(11-23)26-21(19)27-22(28)15(3)29/h13-17,29H,4-10,12H2,1-3H3,(H,24,25,26)/t13?,14-,15?,16?/m1/s1. The van der Waals surface area contributed by atoms with Crippen LogP contribution in [-0.4, -0.2) is 30.7 Å². The van der Waals surface area contributed by atoms with Gasteiger partial charge < -0.3 is 15.0 Å². The molecule has 2 atom stereocenters. The summed E-state index contributed by atoms with van der Waals surface area (Å²) >= 11 is 0. The third kappa shape index (κ3) is 4.09. The van der Waals surface area contributed by atoms with E-state index in [1.54, 1.807) is 6.92 Å². The lowest BCUT2D eigenvalue weighted by molar-refractivity contribution is 0.179. The molecule has 4 rings (SSSR count). The topological polar surface area (TPSA) is 99.6 Å². The van der Waals surface area contributed by atoms with Gasteiger partial charge in [0.2, 0.25) is 5.82 Å². The van der Waals surface area contributed by atoms with Gasteiger partial charge in [0.05, 0.1) is 0 Å². The van der Waals surface area contributed by atoms with Gasteiger partial charge in [0.1, 0.15) is 23.5 Å². The number of nitrogens with zero attached hydrogens (tertiary/aromatic N) is 5. The summed E-state index contributed by atoms with van der Waals surface area (Å²) in [6.45, 7) is 7.06. The van der Waals surface area contributed by atoms with Crippen molar-refractivity contribution in [2.24, 2.45) is 17.8 Å². The van der Waals surface area contributed by atoms with Crippen molar-refractivity contribution in [3.63, 3.8) is 0 Å². The van der Waals surface area contributed by atoms with Crippen molar-refractivity contribution in [3.8, 4) is 6.07 Å². The first kappa shape index (κ1) is 20.1. The minimum Gasteiger partial charge on any atom is -0.385 e. The van der Waals surface area contributed by atoms with Crippen molar-refractivity contribution in [3.05, 3.63) is 11.6 Å². The Morgan fingerprint density at radius 3 is 2.45 bits per heavy atom. The van der Waals surface area contributed by atoms with Crippen molar-refractivity contribution < 1.29 is 5.11 Å². The molecular weight excluding hydrogens is 364 g/mol. The van der Waals surface area contributed by atoms with E-state index in [4.69, 9.17) is 0 Å². The molecule has 2 N–H and O–H groups in total. The van der Waals surface area contributed by atoms with Gasteiger partial charge >= 0.3 is 0 Å². The van der Waals surface area contributed by atoms with Crippen LogP contribution in [-0.2, 0) is 6.54 Å². The maximum absolute atomic E-state index is 10.4. The van der Waals surface area contributed by atoms with Gasteiger partial charge in [-0.25, -0.2) is 4.98 Å². The van der Waals surface area contributed by atoms with Gasteiger partial charge in [-0.3, -0.25) is 0 Å². The summed E-state index contributed by atoms with van der Waals surface area (Å²) in [6, 6.07) is 2.34. The van der Waals surface area contributed by atoms with E-state index < -0.39 is 6.10 Å². The normalized spacial score (nSPS) is 24.7. The molecule has 0 aliphatic heterocycles. The van der Waals surface area contributed by atoms with Crippen molar-refractivity contribution in [2.45, 2.75) is 84.4 Å². The van der Waals surface area contributed by atoms with Crippen LogP contribution in [0.25, 0.3) is 11.2 Å². The molecular formula is C22H32N6O. The Morgan fingerprint density at radius 1 is 1.14 bits per heavy atom. The number of imidazole rings is 1. The number of nitrogens with one attached hydrogen (secondary N) is 1. The van der Waals surface area contributed by atoms with E-state index in [0.717, 1.165) is 18.0 Å². The highest BCUT2D eigenvalue weighted by Gasteiger charge is 2.28. The molecule has 0 aromatic carbocycles. The molecule has 2 fully saturated rings. The number of anilines is 1. The molecule has 7 heteroatoms. The van der Waals surface area contributed by atoms with Crippen LogP contribution >= 0.6 is 0 Å². The molecule has 156 valence electrons. The van der Waals surface area contributed by atoms with E-state index in [1.165, 1.54) is 44.9 Å². The third-order valence-corrected chi connectivity index (χ3v) is 6.90. The molecule has 0 spiro atoms. The SMILES string of the molecule is CC1CCC(Cn2c(C(C)O)nc3nc(C#N)nc(N[C@H](C)C4CCC4)c32)CC1. The number of hydrogen-bond acceptors (Lipinski definition) is 6. The average Bonchev–Trinajstić information content (AvgIpc) is 3.01. The Labute approximate surface area is 172 Å². The largest absolute Gasteiger partial charge is 0.385 e. The molecule has 2 aromatic heterocycles. The number of aromatic nitrogens is 4. The highest BCUT2D eigenvalue weighted by molar-refractivity contribution is 5.84. The zero-order valence-corrected chi connectivity index (χ0v) is 17.7. The first-order valence-electron chi connectivity index (χ1n) is 11.1. The highest BCUT2D eigenvalue weighted by Crippen LogP contribution is 2.35. The minimum absolute atomic E-state index is 0.120. The quantitative estimate of drug-likeness (QED) is 0.760. The zero-order valence-electron chi connectivity index (χ0n) is 17.7. The molecule has 0 radical (unpaired) electrons. The number of aliphatic hydroxyl groups excluding tert-OH is 1. The molecule has 0 bridgehead atoms. The minimum atomic E-state index is -0.700. The van der Waals surface area contributed by atoms with Crippen molar-refractivity contribution in [1.29, 1.82) is 5.26 Å². The molecule has 0 amide bonds. The number of rotatable bonds is 6. The van der Waals surface area contributed by atoms with Crippen molar-refractivity contribution in [1.82, 2.24) is 19.5 Å². The lowest BCUT2D eigenvalue weighted by Crippen LogP contribution is -2.31. The summed E-state index contributed by atoms with van der Waals surface area (Å²) < 4.78 is 2.11. The van der Waals surface area contributed by atoms with Gasteiger partial charge in [-0.15, -0.1) is 0 Å². The van der Waals surface area contributed by atoms with Crippen LogP contribution in [0.15, 0.2) is 0 Å². The molecule has 7 nitrogen and oxygen atoms in total. The third-order valence-electron chi connectivity index (χ3n) is 6.90. The van der Waals surface area contributed by atoms with Crippen LogP contribution in [0, 0.1) is 29.1 Å². The van der Waals surface area contributed by atoms with Crippen molar-refractivity contribution >= 4 is 17.0 Å². The second-order valence-electron chi connectivity index (χ2n) is 9.19. The monoisotopic (exact) mass is 396 g/mol. The van der Waals surface area contributed by atoms with Crippen LogP contribution in [0.3, 0.4) is 0 Å². The maximum Gasteiger partial charge on any atom is 0.236 e. The Morgan fingerprint density at radius 2 is 1.86 bits per heavy atom. The predicted molar refractivity (Wildman–Crippen MR) is 112 cm³/mol. The van der Waals surface area contributed by atoms with Crippen LogP contribution < -0.4 is 5.32 Å². The Balaban J connectivity index is 1.74. The molecule has 2 aromatic rings. The summed E-state index contributed by atoms with van der Waals surface area (Å²) in [7, 11) is 0.